The lowest BCUT2D eigenvalue weighted by atomic mass is 9.96. The Bertz CT molecular complexity index is 1520. The van der Waals surface area contributed by atoms with E-state index in [1.165, 1.54) is 7.11 Å². The van der Waals surface area contributed by atoms with Crippen LogP contribution in [-0.2, 0) is 9.53 Å². The third-order valence-electron chi connectivity index (χ3n) is 7.05. The van der Waals surface area contributed by atoms with Gasteiger partial charge in [0, 0.05) is 42.3 Å². The predicted molar refractivity (Wildman–Crippen MR) is 157 cm³/mol. The van der Waals surface area contributed by atoms with Crippen molar-refractivity contribution in [3.05, 3.63) is 101 Å². The average molecular weight is 541 g/mol. The van der Waals surface area contributed by atoms with Gasteiger partial charge in [-0.2, -0.15) is 0 Å². The molecule has 3 aromatic heterocycles. The van der Waals surface area contributed by atoms with Gasteiger partial charge in [-0.05, 0) is 99.1 Å². The summed E-state index contributed by atoms with van der Waals surface area (Å²) in [6, 6.07) is 17.9. The number of thiocarbonyl (C=S) groups is 1. The van der Waals surface area contributed by atoms with Gasteiger partial charge in [0.05, 0.1) is 17.8 Å². The summed E-state index contributed by atoms with van der Waals surface area (Å²) < 4.78 is 7.14. The van der Waals surface area contributed by atoms with Gasteiger partial charge in [-0.25, -0.2) is 4.98 Å². The number of carbonyl (C=O) groups excluding carboxylic acids is 1. The molecule has 200 valence electrons. The minimum Gasteiger partial charge on any atom is -0.375 e. The van der Waals surface area contributed by atoms with Gasteiger partial charge in [-0.3, -0.25) is 9.78 Å². The van der Waals surface area contributed by atoms with E-state index < -0.39 is 0 Å². The number of hydrogen-bond donors (Lipinski definition) is 2. The summed E-state index contributed by atoms with van der Waals surface area (Å²) in [6.07, 6.45) is 3.69. The first-order valence-corrected chi connectivity index (χ1v) is 13.2. The second kappa shape index (κ2) is 11.0. The molecule has 8 nitrogen and oxygen atoms in total. The Morgan fingerprint density at radius 3 is 2.56 bits per heavy atom. The normalized spacial score (nSPS) is 16.8. The molecule has 4 heterocycles. The Hall–Kier alpha value is -4.08. The highest BCUT2D eigenvalue weighted by Gasteiger charge is 2.42. The quantitative estimate of drug-likeness (QED) is 0.309. The minimum atomic E-state index is -0.197. The highest BCUT2D eigenvalue weighted by Crippen LogP contribution is 2.44. The van der Waals surface area contributed by atoms with Crippen LogP contribution in [0.15, 0.2) is 67.0 Å². The van der Waals surface area contributed by atoms with Gasteiger partial charge in [0.15, 0.2) is 5.11 Å². The molecule has 0 bridgehead atoms. The van der Waals surface area contributed by atoms with Crippen molar-refractivity contribution in [1.82, 2.24) is 19.9 Å². The van der Waals surface area contributed by atoms with Gasteiger partial charge >= 0.3 is 0 Å². The SMILES string of the molecule is COCC(=O)Nc1ccc(N2C(=S)N[C@H](c3ccccn3)[C@H]2c2cc(C)n(-c3ccc(C)cn3)c2C)cc1C. The van der Waals surface area contributed by atoms with Crippen molar-refractivity contribution < 1.29 is 9.53 Å². The second-order valence-corrected chi connectivity index (χ2v) is 10.2. The Morgan fingerprint density at radius 1 is 1.08 bits per heavy atom. The molecular formula is C30H32N6O2S. The maximum Gasteiger partial charge on any atom is 0.250 e. The van der Waals surface area contributed by atoms with Crippen LogP contribution < -0.4 is 15.5 Å². The lowest BCUT2D eigenvalue weighted by Gasteiger charge is -2.29. The fraction of sp³-hybridized carbons (Fsp3) is 0.267. The number of amides is 1. The van der Waals surface area contributed by atoms with E-state index in [0.29, 0.717) is 5.11 Å². The molecule has 9 heteroatoms. The molecule has 0 saturated carbocycles. The molecule has 1 saturated heterocycles. The fourth-order valence-electron chi connectivity index (χ4n) is 5.24. The minimum absolute atomic E-state index is 0.000605. The number of benzene rings is 1. The largest absolute Gasteiger partial charge is 0.375 e. The monoisotopic (exact) mass is 540 g/mol. The summed E-state index contributed by atoms with van der Waals surface area (Å²) >= 11 is 5.93. The maximum absolute atomic E-state index is 12.1. The molecule has 4 aromatic rings. The molecule has 1 fully saturated rings. The molecule has 5 rings (SSSR count). The van der Waals surface area contributed by atoms with E-state index in [9.17, 15) is 4.79 Å². The standard InChI is InChI=1S/C30H32N6O2S/c1-18-9-12-26(32-16-18)35-20(3)15-23(21(35)4)29-28(25-8-6-7-13-31-25)34-30(39)36(29)22-10-11-24(19(2)14-22)33-27(37)17-38-5/h6-16,28-29H,17H2,1-5H3,(H,33,37)(H,34,39)/t28-,29-/m1/s1. The van der Waals surface area contributed by atoms with Crippen molar-refractivity contribution in [1.29, 1.82) is 0 Å². The van der Waals surface area contributed by atoms with Crippen LogP contribution in [-0.4, -0.2) is 39.3 Å². The van der Waals surface area contributed by atoms with Crippen molar-refractivity contribution in [3.63, 3.8) is 0 Å². The number of aryl methyl sites for hydroxylation is 3. The van der Waals surface area contributed by atoms with Crippen LogP contribution >= 0.6 is 12.2 Å². The van der Waals surface area contributed by atoms with Crippen molar-refractivity contribution >= 4 is 34.6 Å². The summed E-state index contributed by atoms with van der Waals surface area (Å²) in [5.41, 5.74) is 7.92. The topological polar surface area (TPSA) is 84.3 Å². The Morgan fingerprint density at radius 2 is 1.90 bits per heavy atom. The Kier molecular flexibility index (Phi) is 7.45. The molecule has 2 N–H and O–H groups in total. The summed E-state index contributed by atoms with van der Waals surface area (Å²) in [6.45, 7) is 8.23. The van der Waals surface area contributed by atoms with E-state index in [1.807, 2.05) is 62.5 Å². The molecule has 39 heavy (non-hydrogen) atoms. The summed E-state index contributed by atoms with van der Waals surface area (Å²) in [5.74, 6) is 0.681. The molecule has 2 atom stereocenters. The number of nitrogens with zero attached hydrogens (tertiary/aromatic N) is 4. The van der Waals surface area contributed by atoms with Crippen LogP contribution in [0.25, 0.3) is 5.82 Å². The van der Waals surface area contributed by atoms with Crippen molar-refractivity contribution in [2.24, 2.45) is 0 Å². The van der Waals surface area contributed by atoms with Crippen molar-refractivity contribution in [2.45, 2.75) is 39.8 Å². The van der Waals surface area contributed by atoms with Crippen LogP contribution in [0.5, 0.6) is 0 Å². The van der Waals surface area contributed by atoms with Crippen molar-refractivity contribution in [3.8, 4) is 5.82 Å². The van der Waals surface area contributed by atoms with Gasteiger partial charge in [-0.1, -0.05) is 12.1 Å². The number of ether oxygens (including phenoxy) is 1. The average Bonchev–Trinajstić information content (AvgIpc) is 3.41. The summed E-state index contributed by atoms with van der Waals surface area (Å²) in [4.78, 5) is 23.6. The first kappa shape index (κ1) is 26.5. The van der Waals surface area contributed by atoms with Crippen LogP contribution in [0.4, 0.5) is 11.4 Å². The molecular weight excluding hydrogens is 508 g/mol. The van der Waals surface area contributed by atoms with Gasteiger partial charge in [0.25, 0.3) is 0 Å². The number of carbonyl (C=O) groups is 1. The molecule has 0 radical (unpaired) electrons. The number of methoxy groups -OCH3 is 1. The maximum atomic E-state index is 12.1. The van der Waals surface area contributed by atoms with Crippen LogP contribution in [0.2, 0.25) is 0 Å². The van der Waals surface area contributed by atoms with E-state index >= 15 is 0 Å². The van der Waals surface area contributed by atoms with Crippen LogP contribution in [0, 0.1) is 27.7 Å². The summed E-state index contributed by atoms with van der Waals surface area (Å²) in [7, 11) is 1.50. The van der Waals surface area contributed by atoms with E-state index in [2.05, 4.69) is 56.0 Å². The molecule has 1 amide bonds. The lowest BCUT2D eigenvalue weighted by Crippen LogP contribution is -2.29. The number of hydrogen-bond acceptors (Lipinski definition) is 5. The first-order chi connectivity index (χ1) is 18.8. The lowest BCUT2D eigenvalue weighted by molar-refractivity contribution is -0.119. The zero-order valence-electron chi connectivity index (χ0n) is 22.7. The molecule has 1 aliphatic rings. The Labute approximate surface area is 234 Å². The van der Waals surface area contributed by atoms with E-state index in [-0.39, 0.29) is 24.6 Å². The van der Waals surface area contributed by atoms with Crippen molar-refractivity contribution in [2.75, 3.05) is 23.9 Å². The van der Waals surface area contributed by atoms with Crippen LogP contribution in [0.3, 0.4) is 0 Å². The van der Waals surface area contributed by atoms with Gasteiger partial charge in [0.1, 0.15) is 12.4 Å². The second-order valence-electron chi connectivity index (χ2n) is 9.83. The predicted octanol–water partition coefficient (Wildman–Crippen LogP) is 5.26. The van der Waals surface area contributed by atoms with E-state index in [0.717, 1.165) is 51.0 Å². The number of nitrogens with one attached hydrogen (secondary N) is 2. The fourth-order valence-corrected chi connectivity index (χ4v) is 5.58. The number of rotatable bonds is 7. The number of pyridine rings is 2. The molecule has 1 aliphatic heterocycles. The number of anilines is 2. The smallest absolute Gasteiger partial charge is 0.250 e. The van der Waals surface area contributed by atoms with E-state index in [1.54, 1.807) is 6.20 Å². The van der Waals surface area contributed by atoms with Gasteiger partial charge < -0.3 is 24.8 Å². The van der Waals surface area contributed by atoms with Gasteiger partial charge in [-0.15, -0.1) is 0 Å². The summed E-state index contributed by atoms with van der Waals surface area (Å²) in [5, 5.41) is 7.06. The third kappa shape index (κ3) is 5.15. The zero-order valence-corrected chi connectivity index (χ0v) is 23.5. The highest BCUT2D eigenvalue weighted by atomic mass is 32.1. The third-order valence-corrected chi connectivity index (χ3v) is 7.36. The van der Waals surface area contributed by atoms with Gasteiger partial charge in [0.2, 0.25) is 5.91 Å². The molecule has 0 spiro atoms. The number of aromatic nitrogens is 3. The molecule has 0 unspecified atom stereocenters. The molecule has 0 aliphatic carbocycles. The highest BCUT2D eigenvalue weighted by molar-refractivity contribution is 7.80. The first-order valence-electron chi connectivity index (χ1n) is 12.8. The Balaban J connectivity index is 1.60. The zero-order chi connectivity index (χ0) is 27.7. The molecule has 1 aromatic carbocycles. The van der Waals surface area contributed by atoms with Crippen LogP contribution in [0.1, 0.15) is 45.9 Å². The van der Waals surface area contributed by atoms with E-state index in [4.69, 9.17) is 17.0 Å².